The molecule has 0 aliphatic rings. The van der Waals surface area contributed by atoms with Gasteiger partial charge in [0.1, 0.15) is 0 Å². The van der Waals surface area contributed by atoms with Crippen molar-refractivity contribution in [2.45, 2.75) is 44.4 Å². The van der Waals surface area contributed by atoms with Crippen LogP contribution in [0.2, 0.25) is 0 Å². The van der Waals surface area contributed by atoms with E-state index in [4.69, 9.17) is 0 Å². The Morgan fingerprint density at radius 3 is 2.31 bits per heavy atom. The number of benzene rings is 1. The number of amides is 1. The van der Waals surface area contributed by atoms with Crippen molar-refractivity contribution in [3.8, 4) is 0 Å². The number of hydrogen-bond donors (Lipinski definition) is 2. The highest BCUT2D eigenvalue weighted by Crippen LogP contribution is 2.23. The minimum Gasteiger partial charge on any atom is -0.328 e. The van der Waals surface area contributed by atoms with Gasteiger partial charge >= 0.3 is 0 Å². The lowest BCUT2D eigenvalue weighted by Gasteiger charge is -2.19. The molecule has 1 aromatic heterocycles. The zero-order chi connectivity index (χ0) is 19.5. The van der Waals surface area contributed by atoms with Crippen molar-refractivity contribution in [1.29, 1.82) is 0 Å². The first-order chi connectivity index (χ1) is 12.0. The number of sulfonamides is 1. The largest absolute Gasteiger partial charge is 0.328 e. The standard InChI is InChI=1S/C19H24N2O4S/c1-13(12-14-7-9-15(10-8-14)19(2,3)4)17(22)21-26(24,25)16-6-5-11-20-18(16)23/h5-11,13H,12H2,1-4H3,(H,20,23)(H,21,22). The number of hydrogen-bond acceptors (Lipinski definition) is 4. The smallest absolute Gasteiger partial charge is 0.269 e. The van der Waals surface area contributed by atoms with Gasteiger partial charge < -0.3 is 4.98 Å². The van der Waals surface area contributed by atoms with Crippen LogP contribution >= 0.6 is 0 Å². The van der Waals surface area contributed by atoms with Gasteiger partial charge in [0, 0.05) is 12.1 Å². The molecule has 1 heterocycles. The lowest BCUT2D eigenvalue weighted by Crippen LogP contribution is -2.37. The van der Waals surface area contributed by atoms with E-state index in [0.717, 1.165) is 11.6 Å². The van der Waals surface area contributed by atoms with E-state index in [9.17, 15) is 18.0 Å². The normalized spacial score (nSPS) is 13.2. The van der Waals surface area contributed by atoms with Gasteiger partial charge in [-0.2, -0.15) is 0 Å². The summed E-state index contributed by atoms with van der Waals surface area (Å²) in [5, 5.41) is 0. The van der Waals surface area contributed by atoms with Crippen LogP contribution in [0.3, 0.4) is 0 Å². The molecule has 0 fully saturated rings. The Labute approximate surface area is 153 Å². The molecule has 1 aromatic carbocycles. The van der Waals surface area contributed by atoms with E-state index in [1.54, 1.807) is 6.92 Å². The van der Waals surface area contributed by atoms with Crippen molar-refractivity contribution >= 4 is 15.9 Å². The number of nitrogens with one attached hydrogen (secondary N) is 2. The van der Waals surface area contributed by atoms with E-state index in [1.165, 1.54) is 17.8 Å². The summed E-state index contributed by atoms with van der Waals surface area (Å²) in [5.74, 6) is -1.21. The number of aromatic amines is 1. The zero-order valence-electron chi connectivity index (χ0n) is 15.4. The maximum atomic E-state index is 12.3. The molecular formula is C19H24N2O4S. The second-order valence-electron chi connectivity index (χ2n) is 7.39. The van der Waals surface area contributed by atoms with Crippen LogP contribution < -0.4 is 10.3 Å². The maximum Gasteiger partial charge on any atom is 0.269 e. The summed E-state index contributed by atoms with van der Waals surface area (Å²) >= 11 is 0. The van der Waals surface area contributed by atoms with E-state index in [1.807, 2.05) is 29.0 Å². The Morgan fingerprint density at radius 2 is 1.77 bits per heavy atom. The summed E-state index contributed by atoms with van der Waals surface area (Å²) in [6, 6.07) is 10.5. The maximum absolute atomic E-state index is 12.3. The Kier molecular flexibility index (Phi) is 5.71. The molecule has 0 spiro atoms. The highest BCUT2D eigenvalue weighted by molar-refractivity contribution is 7.90. The fraction of sp³-hybridized carbons (Fsp3) is 0.368. The summed E-state index contributed by atoms with van der Waals surface area (Å²) in [6.45, 7) is 8.01. The first kappa shape index (κ1) is 19.9. The van der Waals surface area contributed by atoms with Crippen molar-refractivity contribution in [2.24, 2.45) is 5.92 Å². The lowest BCUT2D eigenvalue weighted by atomic mass is 9.86. The lowest BCUT2D eigenvalue weighted by molar-refractivity contribution is -0.122. The van der Waals surface area contributed by atoms with Gasteiger partial charge in [-0.15, -0.1) is 0 Å². The SMILES string of the molecule is CC(Cc1ccc(C(C)(C)C)cc1)C(=O)NS(=O)(=O)c1ccc[nH]c1=O. The van der Waals surface area contributed by atoms with Crippen LogP contribution in [0.4, 0.5) is 0 Å². The summed E-state index contributed by atoms with van der Waals surface area (Å²) in [7, 11) is -4.20. The third-order valence-corrected chi connectivity index (χ3v) is 5.49. The molecule has 1 amide bonds. The highest BCUT2D eigenvalue weighted by Gasteiger charge is 2.24. The summed E-state index contributed by atoms with van der Waals surface area (Å²) in [5.41, 5.74) is 1.40. The molecule has 2 aromatic rings. The molecule has 6 nitrogen and oxygen atoms in total. The van der Waals surface area contributed by atoms with Gasteiger partial charge in [0.2, 0.25) is 5.91 Å². The van der Waals surface area contributed by atoms with Crippen LogP contribution in [-0.4, -0.2) is 19.3 Å². The van der Waals surface area contributed by atoms with E-state index < -0.39 is 32.3 Å². The van der Waals surface area contributed by atoms with Crippen LogP contribution in [0.5, 0.6) is 0 Å². The number of rotatable bonds is 5. The zero-order valence-corrected chi connectivity index (χ0v) is 16.2. The number of carbonyl (C=O) groups excluding carboxylic acids is 1. The molecule has 2 rings (SSSR count). The molecule has 0 saturated carbocycles. The number of H-pyrrole nitrogens is 1. The van der Waals surface area contributed by atoms with Crippen LogP contribution in [0.25, 0.3) is 0 Å². The van der Waals surface area contributed by atoms with E-state index in [2.05, 4.69) is 25.8 Å². The molecule has 7 heteroatoms. The van der Waals surface area contributed by atoms with Crippen molar-refractivity contribution in [2.75, 3.05) is 0 Å². The van der Waals surface area contributed by atoms with Crippen molar-refractivity contribution in [1.82, 2.24) is 9.71 Å². The summed E-state index contributed by atoms with van der Waals surface area (Å²) < 4.78 is 26.4. The van der Waals surface area contributed by atoms with Gasteiger partial charge in [-0.1, -0.05) is 52.0 Å². The highest BCUT2D eigenvalue weighted by atomic mass is 32.2. The minimum atomic E-state index is -4.20. The molecule has 0 saturated heterocycles. The van der Waals surface area contributed by atoms with Crippen LogP contribution in [-0.2, 0) is 26.7 Å². The average Bonchev–Trinajstić information content (AvgIpc) is 2.54. The van der Waals surface area contributed by atoms with Gasteiger partial charge in [0.25, 0.3) is 15.6 Å². The molecule has 0 aliphatic heterocycles. The minimum absolute atomic E-state index is 0.0400. The molecule has 140 valence electrons. The molecule has 0 bridgehead atoms. The van der Waals surface area contributed by atoms with Crippen molar-refractivity contribution < 1.29 is 13.2 Å². The third kappa shape index (κ3) is 4.82. The first-order valence-electron chi connectivity index (χ1n) is 8.34. The molecule has 1 unspecified atom stereocenters. The fourth-order valence-electron chi connectivity index (χ4n) is 2.49. The number of carbonyl (C=O) groups is 1. The van der Waals surface area contributed by atoms with Gasteiger partial charge in [-0.3, -0.25) is 9.59 Å². The third-order valence-electron chi connectivity index (χ3n) is 4.12. The van der Waals surface area contributed by atoms with Gasteiger partial charge in [0.05, 0.1) is 0 Å². The topological polar surface area (TPSA) is 96.1 Å². The quantitative estimate of drug-likeness (QED) is 0.837. The second kappa shape index (κ2) is 7.45. The monoisotopic (exact) mass is 376 g/mol. The number of pyridine rings is 1. The van der Waals surface area contributed by atoms with Gasteiger partial charge in [0.15, 0.2) is 4.90 Å². The van der Waals surface area contributed by atoms with E-state index in [0.29, 0.717) is 6.42 Å². The molecular weight excluding hydrogens is 352 g/mol. The van der Waals surface area contributed by atoms with Gasteiger partial charge in [-0.25, -0.2) is 13.1 Å². The van der Waals surface area contributed by atoms with Crippen molar-refractivity contribution in [3.05, 3.63) is 64.1 Å². The van der Waals surface area contributed by atoms with Crippen LogP contribution in [0, 0.1) is 5.92 Å². The molecule has 0 radical (unpaired) electrons. The fourth-order valence-corrected chi connectivity index (χ4v) is 3.63. The Morgan fingerprint density at radius 1 is 1.15 bits per heavy atom. The average molecular weight is 376 g/mol. The molecule has 1 atom stereocenters. The van der Waals surface area contributed by atoms with E-state index in [-0.39, 0.29) is 5.41 Å². The second-order valence-corrected chi connectivity index (χ2v) is 9.04. The summed E-state index contributed by atoms with van der Waals surface area (Å²) in [6.07, 6.45) is 1.73. The predicted octanol–water partition coefficient (Wildman–Crippen LogP) is 2.36. The summed E-state index contributed by atoms with van der Waals surface area (Å²) in [4.78, 5) is 25.7. The molecule has 26 heavy (non-hydrogen) atoms. The Bertz CT molecular complexity index is 938. The molecule has 0 aliphatic carbocycles. The Balaban J connectivity index is 2.08. The number of aromatic nitrogens is 1. The van der Waals surface area contributed by atoms with Gasteiger partial charge in [-0.05, 0) is 35.1 Å². The predicted molar refractivity (Wildman–Crippen MR) is 100 cm³/mol. The van der Waals surface area contributed by atoms with Crippen LogP contribution in [0.15, 0.2) is 52.3 Å². The first-order valence-corrected chi connectivity index (χ1v) is 9.83. The van der Waals surface area contributed by atoms with E-state index >= 15 is 0 Å². The molecule has 2 N–H and O–H groups in total. The van der Waals surface area contributed by atoms with Crippen LogP contribution in [0.1, 0.15) is 38.8 Å². The van der Waals surface area contributed by atoms with Crippen molar-refractivity contribution in [3.63, 3.8) is 0 Å². The Hall–Kier alpha value is -2.41.